The summed E-state index contributed by atoms with van der Waals surface area (Å²) in [5.74, 6) is -1.67. The van der Waals surface area contributed by atoms with Crippen LogP contribution < -0.4 is 5.32 Å². The summed E-state index contributed by atoms with van der Waals surface area (Å²) < 4.78 is 10.9. The lowest BCUT2D eigenvalue weighted by Gasteiger charge is -2.42. The molecule has 0 aliphatic carbocycles. The summed E-state index contributed by atoms with van der Waals surface area (Å²) in [6.45, 7) is 0.557. The Morgan fingerprint density at radius 3 is 2.67 bits per heavy atom. The number of esters is 1. The molecule has 2 aliphatic rings. The number of urea groups is 1. The lowest BCUT2D eigenvalue weighted by molar-refractivity contribution is -0.193. The van der Waals surface area contributed by atoms with Crippen molar-refractivity contribution < 1.29 is 39.2 Å². The summed E-state index contributed by atoms with van der Waals surface area (Å²) in [5.41, 5.74) is -1.94. The maximum Gasteiger partial charge on any atom is 0.338 e. The standard InChI is InChI=1S/C17H20N2O8/c1-17(25)14(22)18-16(24)19(15(17)23)12-7-10(11(8-20)26-12)27-13(21)9-5-3-2-4-6-9/h2-6,10-12,15,20,23,25H,7-8H2,1H3,(H,18,22,24)/t10-,11+,12+,15-,17-/m0/s1. The van der Waals surface area contributed by atoms with Gasteiger partial charge in [0.15, 0.2) is 11.8 Å². The maximum atomic E-state index is 12.2. The number of amides is 3. The molecule has 3 rings (SSSR count). The average molecular weight is 380 g/mol. The number of imide groups is 1. The van der Waals surface area contributed by atoms with Gasteiger partial charge in [-0.05, 0) is 19.1 Å². The normalized spacial score (nSPS) is 33.7. The van der Waals surface area contributed by atoms with E-state index >= 15 is 0 Å². The SMILES string of the molecule is C[C@]1(O)C(=O)NC(=O)N([C@H]2C[C@H](OC(=O)c3ccccc3)[C@@H](CO)O2)[C@H]1O. The van der Waals surface area contributed by atoms with Gasteiger partial charge in [0.2, 0.25) is 0 Å². The van der Waals surface area contributed by atoms with Gasteiger partial charge in [-0.3, -0.25) is 15.0 Å². The Bertz CT molecular complexity index is 738. The van der Waals surface area contributed by atoms with Crippen LogP contribution >= 0.6 is 0 Å². The molecule has 3 amide bonds. The first-order valence-corrected chi connectivity index (χ1v) is 8.32. The fraction of sp³-hybridized carbons (Fsp3) is 0.471. The van der Waals surface area contributed by atoms with Crippen molar-refractivity contribution in [2.75, 3.05) is 6.61 Å². The van der Waals surface area contributed by atoms with Gasteiger partial charge in [-0.1, -0.05) is 18.2 Å². The molecule has 0 unspecified atom stereocenters. The summed E-state index contributed by atoms with van der Waals surface area (Å²) >= 11 is 0. The molecule has 10 heteroatoms. The molecule has 0 spiro atoms. The van der Waals surface area contributed by atoms with E-state index in [2.05, 4.69) is 0 Å². The van der Waals surface area contributed by atoms with Crippen molar-refractivity contribution in [3.63, 3.8) is 0 Å². The Balaban J connectivity index is 1.74. The number of carbonyl (C=O) groups excluding carboxylic acids is 3. The predicted molar refractivity (Wildman–Crippen MR) is 88.0 cm³/mol. The summed E-state index contributed by atoms with van der Waals surface area (Å²) in [5, 5.41) is 31.8. The van der Waals surface area contributed by atoms with Gasteiger partial charge >= 0.3 is 12.0 Å². The van der Waals surface area contributed by atoms with Crippen LogP contribution in [0.5, 0.6) is 0 Å². The minimum atomic E-state index is -2.25. The molecule has 0 aromatic heterocycles. The van der Waals surface area contributed by atoms with Crippen molar-refractivity contribution >= 4 is 17.9 Å². The fourth-order valence-corrected chi connectivity index (χ4v) is 3.01. The highest BCUT2D eigenvalue weighted by Gasteiger charge is 2.54. The number of aliphatic hydroxyl groups excluding tert-OH is 2. The summed E-state index contributed by atoms with van der Waals surface area (Å²) in [4.78, 5) is 36.8. The molecule has 1 aromatic carbocycles. The molecule has 2 heterocycles. The first kappa shape index (κ1) is 19.2. The van der Waals surface area contributed by atoms with Crippen molar-refractivity contribution in [2.24, 2.45) is 0 Å². The molecule has 0 saturated carbocycles. The first-order chi connectivity index (χ1) is 12.8. The van der Waals surface area contributed by atoms with Crippen LogP contribution in [-0.4, -0.2) is 75.0 Å². The molecular weight excluding hydrogens is 360 g/mol. The molecule has 10 nitrogen and oxygen atoms in total. The number of aliphatic hydroxyl groups is 3. The van der Waals surface area contributed by atoms with Gasteiger partial charge in [-0.15, -0.1) is 0 Å². The molecule has 0 radical (unpaired) electrons. The second-order valence-electron chi connectivity index (χ2n) is 6.54. The summed E-state index contributed by atoms with van der Waals surface area (Å²) in [6, 6.07) is 7.24. The Morgan fingerprint density at radius 1 is 1.37 bits per heavy atom. The third-order valence-corrected chi connectivity index (χ3v) is 4.62. The maximum absolute atomic E-state index is 12.2. The number of carbonyl (C=O) groups is 3. The number of nitrogens with one attached hydrogen (secondary N) is 1. The third kappa shape index (κ3) is 3.52. The molecule has 5 atom stereocenters. The smallest absolute Gasteiger partial charge is 0.338 e. The van der Waals surface area contributed by atoms with Gasteiger partial charge in [0.25, 0.3) is 5.91 Å². The van der Waals surface area contributed by atoms with Crippen molar-refractivity contribution in [1.82, 2.24) is 10.2 Å². The van der Waals surface area contributed by atoms with Crippen molar-refractivity contribution in [3.8, 4) is 0 Å². The Morgan fingerprint density at radius 2 is 2.04 bits per heavy atom. The largest absolute Gasteiger partial charge is 0.456 e. The number of hydrogen-bond donors (Lipinski definition) is 4. The van der Waals surface area contributed by atoms with Gasteiger partial charge in [0, 0.05) is 6.42 Å². The van der Waals surface area contributed by atoms with E-state index in [0.717, 1.165) is 11.8 Å². The van der Waals surface area contributed by atoms with E-state index in [0.29, 0.717) is 5.56 Å². The zero-order valence-electron chi connectivity index (χ0n) is 14.4. The second kappa shape index (κ2) is 7.24. The van der Waals surface area contributed by atoms with Gasteiger partial charge in [-0.2, -0.15) is 0 Å². The van der Waals surface area contributed by atoms with E-state index in [-0.39, 0.29) is 6.42 Å². The Hall–Kier alpha value is -2.53. The Kier molecular flexibility index (Phi) is 5.16. The van der Waals surface area contributed by atoms with Crippen molar-refractivity contribution in [3.05, 3.63) is 35.9 Å². The minimum Gasteiger partial charge on any atom is -0.456 e. The van der Waals surface area contributed by atoms with E-state index in [9.17, 15) is 29.7 Å². The van der Waals surface area contributed by atoms with Crippen LogP contribution in [0.3, 0.4) is 0 Å². The molecule has 4 N–H and O–H groups in total. The van der Waals surface area contributed by atoms with Crippen LogP contribution in [-0.2, 0) is 14.3 Å². The number of hydrogen-bond acceptors (Lipinski definition) is 8. The quantitative estimate of drug-likeness (QED) is 0.484. The highest BCUT2D eigenvalue weighted by molar-refractivity contribution is 6.01. The van der Waals surface area contributed by atoms with Crippen LogP contribution in [0.1, 0.15) is 23.7 Å². The highest BCUT2D eigenvalue weighted by Crippen LogP contribution is 2.31. The molecule has 2 fully saturated rings. The van der Waals surface area contributed by atoms with Gasteiger partial charge < -0.3 is 24.8 Å². The van der Waals surface area contributed by atoms with E-state index in [1.807, 2.05) is 5.32 Å². The lowest BCUT2D eigenvalue weighted by Crippen LogP contribution is -2.70. The van der Waals surface area contributed by atoms with Crippen LogP contribution in [0, 0.1) is 0 Å². The van der Waals surface area contributed by atoms with E-state index in [1.165, 1.54) is 0 Å². The van der Waals surface area contributed by atoms with Gasteiger partial charge in [0.05, 0.1) is 12.2 Å². The monoisotopic (exact) mass is 380 g/mol. The van der Waals surface area contributed by atoms with E-state index in [1.54, 1.807) is 30.3 Å². The van der Waals surface area contributed by atoms with Crippen LogP contribution in [0.25, 0.3) is 0 Å². The third-order valence-electron chi connectivity index (χ3n) is 4.62. The van der Waals surface area contributed by atoms with Crippen molar-refractivity contribution in [1.29, 1.82) is 0 Å². The summed E-state index contributed by atoms with van der Waals surface area (Å²) in [6.07, 6.45) is -4.88. The van der Waals surface area contributed by atoms with Crippen LogP contribution in [0.4, 0.5) is 4.79 Å². The number of rotatable bonds is 4. The molecule has 146 valence electrons. The van der Waals surface area contributed by atoms with E-state index in [4.69, 9.17) is 9.47 Å². The molecule has 2 saturated heterocycles. The number of ether oxygens (including phenoxy) is 2. The predicted octanol–water partition coefficient (Wildman–Crippen LogP) is -1.06. The van der Waals surface area contributed by atoms with Gasteiger partial charge in [-0.25, -0.2) is 9.59 Å². The zero-order chi connectivity index (χ0) is 19.8. The molecule has 1 aromatic rings. The minimum absolute atomic E-state index is 0.0570. The topological polar surface area (TPSA) is 146 Å². The molecule has 0 bridgehead atoms. The summed E-state index contributed by atoms with van der Waals surface area (Å²) in [7, 11) is 0. The number of nitrogens with zero attached hydrogens (tertiary/aromatic N) is 1. The molecule has 27 heavy (non-hydrogen) atoms. The first-order valence-electron chi connectivity index (χ1n) is 8.32. The van der Waals surface area contributed by atoms with Crippen LogP contribution in [0.2, 0.25) is 0 Å². The molecular formula is C17H20N2O8. The average Bonchev–Trinajstić information content (AvgIpc) is 3.03. The number of benzene rings is 1. The second-order valence-corrected chi connectivity index (χ2v) is 6.54. The fourth-order valence-electron chi connectivity index (χ4n) is 3.01. The van der Waals surface area contributed by atoms with Crippen LogP contribution in [0.15, 0.2) is 30.3 Å². The molecule has 2 aliphatic heterocycles. The van der Waals surface area contributed by atoms with Gasteiger partial charge in [0.1, 0.15) is 18.4 Å². The zero-order valence-corrected chi connectivity index (χ0v) is 14.4. The van der Waals surface area contributed by atoms with Crippen molar-refractivity contribution in [2.45, 2.75) is 43.6 Å². The highest BCUT2D eigenvalue weighted by atomic mass is 16.6. The van der Waals surface area contributed by atoms with E-state index < -0.39 is 54.8 Å². The lowest BCUT2D eigenvalue weighted by atomic mass is 10.00. The Labute approximate surface area is 154 Å².